The number of hydrogen-bond acceptors (Lipinski definition) is 3. The van der Waals surface area contributed by atoms with Crippen LogP contribution in [0.2, 0.25) is 0 Å². The van der Waals surface area contributed by atoms with Gasteiger partial charge in [0.05, 0.1) is 18.2 Å². The second-order valence-corrected chi connectivity index (χ2v) is 6.19. The lowest BCUT2D eigenvalue weighted by Gasteiger charge is -2.35. The molecule has 3 nitrogen and oxygen atoms in total. The third-order valence-corrected chi connectivity index (χ3v) is 4.38. The van der Waals surface area contributed by atoms with Crippen molar-refractivity contribution >= 4 is 22.9 Å². The van der Waals surface area contributed by atoms with Gasteiger partial charge in [0.1, 0.15) is 0 Å². The predicted octanol–water partition coefficient (Wildman–Crippen LogP) is 3.89. The molecular formula is C19H22N2OS. The molecule has 1 heterocycles. The van der Waals surface area contributed by atoms with Crippen LogP contribution in [0.4, 0.5) is 5.69 Å². The smallest absolute Gasteiger partial charge is 0.0816 e. The van der Waals surface area contributed by atoms with Gasteiger partial charge in [0.25, 0.3) is 0 Å². The van der Waals surface area contributed by atoms with E-state index in [2.05, 4.69) is 40.5 Å². The highest BCUT2D eigenvalue weighted by Gasteiger charge is 2.23. The number of rotatable bonds is 5. The average Bonchev–Trinajstić information content (AvgIpc) is 2.62. The Morgan fingerprint density at radius 2 is 1.61 bits per heavy atom. The van der Waals surface area contributed by atoms with Crippen LogP contribution in [0, 0.1) is 0 Å². The van der Waals surface area contributed by atoms with Crippen molar-refractivity contribution in [1.82, 2.24) is 4.90 Å². The van der Waals surface area contributed by atoms with Gasteiger partial charge in [-0.05, 0) is 17.7 Å². The minimum atomic E-state index is 0.295. The maximum atomic E-state index is 5.61. The molecule has 1 aliphatic rings. The van der Waals surface area contributed by atoms with E-state index >= 15 is 0 Å². The van der Waals surface area contributed by atoms with Crippen molar-refractivity contribution in [2.24, 2.45) is 0 Å². The van der Waals surface area contributed by atoms with Gasteiger partial charge in [-0.25, -0.2) is 0 Å². The fourth-order valence-electron chi connectivity index (χ4n) is 2.93. The quantitative estimate of drug-likeness (QED) is 0.843. The monoisotopic (exact) mass is 326 g/mol. The van der Waals surface area contributed by atoms with Gasteiger partial charge in [-0.2, -0.15) is 0 Å². The van der Waals surface area contributed by atoms with E-state index in [0.717, 1.165) is 43.4 Å². The lowest BCUT2D eigenvalue weighted by molar-refractivity contribution is 0.0176. The van der Waals surface area contributed by atoms with Crippen LogP contribution in [-0.4, -0.2) is 36.2 Å². The molecule has 1 fully saturated rings. The summed E-state index contributed by atoms with van der Waals surface area (Å²) in [4.78, 5) is 3.34. The van der Waals surface area contributed by atoms with Crippen molar-refractivity contribution in [3.8, 4) is 0 Å². The molecule has 23 heavy (non-hydrogen) atoms. The zero-order valence-electron chi connectivity index (χ0n) is 13.2. The lowest BCUT2D eigenvalue weighted by Crippen LogP contribution is -2.40. The summed E-state index contributed by atoms with van der Waals surface area (Å²) in [5.74, 6) is 0. The van der Waals surface area contributed by atoms with Crippen LogP contribution in [0.15, 0.2) is 60.7 Å². The number of hydrogen-bond donors (Lipinski definition) is 1. The largest absolute Gasteiger partial charge is 0.379 e. The van der Waals surface area contributed by atoms with E-state index in [9.17, 15) is 0 Å². The number of anilines is 1. The zero-order valence-corrected chi connectivity index (χ0v) is 14.0. The molecule has 0 aliphatic carbocycles. The highest BCUT2D eigenvalue weighted by atomic mass is 32.1. The van der Waals surface area contributed by atoms with Crippen molar-refractivity contribution in [1.29, 1.82) is 0 Å². The van der Waals surface area contributed by atoms with Gasteiger partial charge in [-0.15, -0.1) is 0 Å². The molecule has 1 N–H and O–H groups in total. The number of benzene rings is 2. The van der Waals surface area contributed by atoms with E-state index in [0.29, 0.717) is 6.04 Å². The highest BCUT2D eigenvalue weighted by Crippen LogP contribution is 2.26. The SMILES string of the molecule is S=C(CC(c1ccccc1)N1CCOCC1)Nc1ccccc1. The molecular weight excluding hydrogens is 304 g/mol. The number of thiocarbonyl (C=S) groups is 1. The molecule has 1 atom stereocenters. The van der Waals surface area contributed by atoms with Crippen molar-refractivity contribution in [3.05, 3.63) is 66.2 Å². The molecule has 2 aromatic carbocycles. The Bertz CT molecular complexity index is 612. The normalized spacial score (nSPS) is 16.7. The van der Waals surface area contributed by atoms with Crippen LogP contribution in [0.1, 0.15) is 18.0 Å². The van der Waals surface area contributed by atoms with Crippen LogP contribution in [0.25, 0.3) is 0 Å². The van der Waals surface area contributed by atoms with E-state index in [1.807, 2.05) is 30.3 Å². The Morgan fingerprint density at radius 3 is 2.26 bits per heavy atom. The molecule has 2 aromatic rings. The Hall–Kier alpha value is -1.75. The second kappa shape index (κ2) is 8.20. The Balaban J connectivity index is 1.71. The summed E-state index contributed by atoms with van der Waals surface area (Å²) in [6.45, 7) is 3.49. The molecule has 0 amide bonds. The first-order valence-corrected chi connectivity index (χ1v) is 8.45. The molecule has 0 bridgehead atoms. The summed E-state index contributed by atoms with van der Waals surface area (Å²) in [5.41, 5.74) is 2.36. The summed E-state index contributed by atoms with van der Waals surface area (Å²) >= 11 is 5.61. The summed E-state index contributed by atoms with van der Waals surface area (Å²) in [6.07, 6.45) is 0.814. The summed E-state index contributed by atoms with van der Waals surface area (Å²) < 4.78 is 5.50. The van der Waals surface area contributed by atoms with Gasteiger partial charge in [0.15, 0.2) is 0 Å². The minimum absolute atomic E-state index is 0.295. The molecule has 0 aromatic heterocycles. The predicted molar refractivity (Wildman–Crippen MR) is 98.9 cm³/mol. The molecule has 0 saturated carbocycles. The molecule has 1 saturated heterocycles. The lowest BCUT2D eigenvalue weighted by atomic mass is 10.0. The summed E-state index contributed by atoms with van der Waals surface area (Å²) in [6, 6.07) is 21.0. The molecule has 0 radical (unpaired) electrons. The van der Waals surface area contributed by atoms with E-state index in [1.165, 1.54) is 5.56 Å². The Kier molecular flexibility index (Phi) is 5.75. The van der Waals surface area contributed by atoms with E-state index in [1.54, 1.807) is 0 Å². The first-order valence-electron chi connectivity index (χ1n) is 8.04. The van der Waals surface area contributed by atoms with E-state index < -0.39 is 0 Å². The molecule has 1 unspecified atom stereocenters. The Labute approximate surface area is 143 Å². The van der Waals surface area contributed by atoms with Crippen LogP contribution in [0.3, 0.4) is 0 Å². The van der Waals surface area contributed by atoms with Crippen molar-refractivity contribution < 1.29 is 4.74 Å². The Morgan fingerprint density at radius 1 is 1.00 bits per heavy atom. The number of nitrogens with one attached hydrogen (secondary N) is 1. The summed E-state index contributed by atoms with van der Waals surface area (Å²) in [5, 5.41) is 3.35. The molecule has 4 heteroatoms. The fraction of sp³-hybridized carbons (Fsp3) is 0.316. The van der Waals surface area contributed by atoms with Crippen LogP contribution >= 0.6 is 12.2 Å². The second-order valence-electron chi connectivity index (χ2n) is 5.69. The van der Waals surface area contributed by atoms with Crippen molar-refractivity contribution in [3.63, 3.8) is 0 Å². The van der Waals surface area contributed by atoms with Crippen molar-refractivity contribution in [2.45, 2.75) is 12.5 Å². The van der Waals surface area contributed by atoms with Crippen LogP contribution in [0.5, 0.6) is 0 Å². The topological polar surface area (TPSA) is 24.5 Å². The zero-order chi connectivity index (χ0) is 15.9. The summed E-state index contributed by atoms with van der Waals surface area (Å²) in [7, 11) is 0. The average molecular weight is 326 g/mol. The van der Waals surface area contributed by atoms with Gasteiger partial charge >= 0.3 is 0 Å². The fourth-order valence-corrected chi connectivity index (χ4v) is 3.21. The molecule has 3 rings (SSSR count). The standard InChI is InChI=1S/C19H22N2OS/c23-19(20-17-9-5-2-6-10-17)15-18(16-7-3-1-4-8-16)21-11-13-22-14-12-21/h1-10,18H,11-15H2,(H,20,23). The van der Waals surface area contributed by atoms with Gasteiger partial charge in [0.2, 0.25) is 0 Å². The number of para-hydroxylation sites is 1. The number of morpholine rings is 1. The number of nitrogens with zero attached hydrogens (tertiary/aromatic N) is 1. The maximum absolute atomic E-state index is 5.61. The maximum Gasteiger partial charge on any atom is 0.0816 e. The highest BCUT2D eigenvalue weighted by molar-refractivity contribution is 7.80. The third-order valence-electron chi connectivity index (χ3n) is 4.11. The van der Waals surface area contributed by atoms with E-state index in [-0.39, 0.29) is 0 Å². The van der Waals surface area contributed by atoms with Crippen molar-refractivity contribution in [2.75, 3.05) is 31.6 Å². The molecule has 0 spiro atoms. The van der Waals surface area contributed by atoms with Gasteiger partial charge in [-0.3, -0.25) is 4.90 Å². The minimum Gasteiger partial charge on any atom is -0.379 e. The van der Waals surface area contributed by atoms with Crippen LogP contribution in [-0.2, 0) is 4.74 Å². The number of ether oxygens (including phenoxy) is 1. The molecule has 1 aliphatic heterocycles. The van der Waals surface area contributed by atoms with E-state index in [4.69, 9.17) is 17.0 Å². The first kappa shape index (κ1) is 16.1. The van der Waals surface area contributed by atoms with Crippen LogP contribution < -0.4 is 5.32 Å². The van der Waals surface area contributed by atoms with Gasteiger partial charge < -0.3 is 10.1 Å². The van der Waals surface area contributed by atoms with Gasteiger partial charge in [-0.1, -0.05) is 60.7 Å². The van der Waals surface area contributed by atoms with Gasteiger partial charge in [0, 0.05) is 31.2 Å². The molecule has 120 valence electrons. The third kappa shape index (κ3) is 4.61. The first-order chi connectivity index (χ1) is 11.3.